The van der Waals surface area contributed by atoms with Crippen molar-refractivity contribution in [2.24, 2.45) is 0 Å². The Morgan fingerprint density at radius 1 is 1.75 bits per heavy atom. The van der Waals surface area contributed by atoms with Crippen molar-refractivity contribution in [2.45, 2.75) is 25.5 Å². The summed E-state index contributed by atoms with van der Waals surface area (Å²) < 4.78 is 4.76. The average molecular weight is 196 g/mol. The molecule has 0 aromatic heterocycles. The quantitative estimate of drug-likeness (QED) is 0.594. The molecule has 4 nitrogen and oxygen atoms in total. The summed E-state index contributed by atoms with van der Waals surface area (Å²) >= 11 is 0. The van der Waals surface area contributed by atoms with E-state index in [-0.39, 0.29) is 24.4 Å². The van der Waals surface area contributed by atoms with Crippen LogP contribution >= 0.6 is 12.4 Å². The summed E-state index contributed by atoms with van der Waals surface area (Å²) in [5.41, 5.74) is 0. The van der Waals surface area contributed by atoms with Crippen LogP contribution in [-0.2, 0) is 9.53 Å². The standard InChI is InChI=1S/C7H13NO3.ClH/c1-2-11-7(10)6-3-5(9)4-8-6;/h5-6,8-9H,2-4H2,1H3;1H/t5-,6-;/m0./s1. The number of ether oxygens (including phenoxy) is 1. The molecule has 0 saturated carbocycles. The highest BCUT2D eigenvalue weighted by Gasteiger charge is 2.28. The Kier molecular flexibility index (Phi) is 5.20. The van der Waals surface area contributed by atoms with Crippen molar-refractivity contribution >= 4 is 18.4 Å². The van der Waals surface area contributed by atoms with E-state index in [1.807, 2.05) is 0 Å². The summed E-state index contributed by atoms with van der Waals surface area (Å²) in [6, 6.07) is -0.301. The van der Waals surface area contributed by atoms with Gasteiger partial charge in [-0.15, -0.1) is 12.4 Å². The maximum Gasteiger partial charge on any atom is 0.323 e. The summed E-state index contributed by atoms with van der Waals surface area (Å²) in [7, 11) is 0. The molecule has 0 bridgehead atoms. The van der Waals surface area contributed by atoms with Crippen molar-refractivity contribution in [2.75, 3.05) is 13.2 Å². The van der Waals surface area contributed by atoms with Crippen LogP contribution in [-0.4, -0.2) is 36.4 Å². The van der Waals surface area contributed by atoms with Gasteiger partial charge >= 0.3 is 5.97 Å². The molecule has 2 N–H and O–H groups in total. The molecule has 5 heteroatoms. The van der Waals surface area contributed by atoms with Gasteiger partial charge in [0.05, 0.1) is 12.7 Å². The van der Waals surface area contributed by atoms with Crippen molar-refractivity contribution < 1.29 is 14.6 Å². The highest BCUT2D eigenvalue weighted by Crippen LogP contribution is 2.07. The van der Waals surface area contributed by atoms with Crippen LogP contribution in [0.2, 0.25) is 0 Å². The van der Waals surface area contributed by atoms with Crippen LogP contribution in [0.4, 0.5) is 0 Å². The maximum atomic E-state index is 11.0. The molecule has 0 aliphatic carbocycles. The molecule has 1 heterocycles. The number of hydrogen-bond acceptors (Lipinski definition) is 4. The molecular formula is C7H14ClNO3. The Hall–Kier alpha value is -0.320. The van der Waals surface area contributed by atoms with Crippen LogP contribution in [0, 0.1) is 0 Å². The second-order valence-corrected chi connectivity index (χ2v) is 2.60. The van der Waals surface area contributed by atoms with Crippen LogP contribution in [0.25, 0.3) is 0 Å². The lowest BCUT2D eigenvalue weighted by Crippen LogP contribution is -2.32. The van der Waals surface area contributed by atoms with Crippen LogP contribution in [0.5, 0.6) is 0 Å². The lowest BCUT2D eigenvalue weighted by Gasteiger charge is -2.07. The fourth-order valence-electron chi connectivity index (χ4n) is 1.14. The molecule has 12 heavy (non-hydrogen) atoms. The van der Waals surface area contributed by atoms with E-state index in [2.05, 4.69) is 5.32 Å². The molecule has 0 radical (unpaired) electrons. The predicted octanol–water partition coefficient (Wildman–Crippen LogP) is -0.306. The van der Waals surface area contributed by atoms with Gasteiger partial charge < -0.3 is 15.2 Å². The minimum Gasteiger partial charge on any atom is -0.465 e. The van der Waals surface area contributed by atoms with E-state index in [0.717, 1.165) is 0 Å². The zero-order chi connectivity index (χ0) is 8.27. The molecule has 1 rings (SSSR count). The number of hydrogen-bond donors (Lipinski definition) is 2. The van der Waals surface area contributed by atoms with E-state index in [1.54, 1.807) is 6.92 Å². The van der Waals surface area contributed by atoms with Gasteiger partial charge in [-0.3, -0.25) is 4.79 Å². The number of aliphatic hydroxyl groups is 1. The molecular weight excluding hydrogens is 182 g/mol. The van der Waals surface area contributed by atoms with Gasteiger partial charge in [0, 0.05) is 13.0 Å². The molecule has 0 aromatic carbocycles. The van der Waals surface area contributed by atoms with Crippen LogP contribution < -0.4 is 5.32 Å². The van der Waals surface area contributed by atoms with E-state index < -0.39 is 6.10 Å². The molecule has 1 aliphatic heterocycles. The molecule has 1 aliphatic rings. The SMILES string of the molecule is CCOC(=O)[C@@H]1C[C@H](O)CN1.Cl. The number of β-amino-alcohol motifs (C(OH)–C–C–N with tert-alkyl or cyclic N) is 1. The Morgan fingerprint density at radius 2 is 2.42 bits per heavy atom. The van der Waals surface area contributed by atoms with Gasteiger partial charge in [-0.25, -0.2) is 0 Å². The number of esters is 1. The third-order valence-corrected chi connectivity index (χ3v) is 1.68. The van der Waals surface area contributed by atoms with Crippen molar-refractivity contribution in [3.05, 3.63) is 0 Å². The largest absolute Gasteiger partial charge is 0.465 e. The molecule has 2 atom stereocenters. The zero-order valence-electron chi connectivity index (χ0n) is 6.95. The summed E-state index contributed by atoms with van der Waals surface area (Å²) in [5, 5.41) is 11.9. The number of carbonyl (C=O) groups is 1. The fourth-order valence-corrected chi connectivity index (χ4v) is 1.14. The number of aliphatic hydroxyl groups excluding tert-OH is 1. The summed E-state index contributed by atoms with van der Waals surface area (Å²) in [6.07, 6.45) is 0.0724. The van der Waals surface area contributed by atoms with Crippen molar-refractivity contribution in [1.82, 2.24) is 5.32 Å². The second kappa shape index (κ2) is 5.35. The van der Waals surface area contributed by atoms with E-state index in [9.17, 15) is 4.79 Å². The number of carbonyl (C=O) groups excluding carboxylic acids is 1. The van der Waals surface area contributed by atoms with Gasteiger partial charge in [0.1, 0.15) is 6.04 Å². The molecule has 72 valence electrons. The topological polar surface area (TPSA) is 58.6 Å². The highest BCUT2D eigenvalue weighted by atomic mass is 35.5. The van der Waals surface area contributed by atoms with Gasteiger partial charge in [0.2, 0.25) is 0 Å². The monoisotopic (exact) mass is 195 g/mol. The highest BCUT2D eigenvalue weighted by molar-refractivity contribution is 5.85. The third kappa shape index (κ3) is 2.97. The summed E-state index contributed by atoms with van der Waals surface area (Å²) in [6.45, 7) is 2.65. The van der Waals surface area contributed by atoms with Crippen LogP contribution in [0.15, 0.2) is 0 Å². The van der Waals surface area contributed by atoms with Crippen molar-refractivity contribution in [3.63, 3.8) is 0 Å². The zero-order valence-corrected chi connectivity index (χ0v) is 7.76. The van der Waals surface area contributed by atoms with Gasteiger partial charge in [0.25, 0.3) is 0 Å². The molecule has 0 unspecified atom stereocenters. The van der Waals surface area contributed by atoms with Gasteiger partial charge in [-0.2, -0.15) is 0 Å². The van der Waals surface area contributed by atoms with Crippen LogP contribution in [0.1, 0.15) is 13.3 Å². The first kappa shape index (κ1) is 11.7. The van der Waals surface area contributed by atoms with Gasteiger partial charge in [-0.1, -0.05) is 0 Å². The van der Waals surface area contributed by atoms with E-state index >= 15 is 0 Å². The minimum absolute atomic E-state index is 0. The first-order valence-electron chi connectivity index (χ1n) is 3.82. The van der Waals surface area contributed by atoms with E-state index in [4.69, 9.17) is 9.84 Å². The second-order valence-electron chi connectivity index (χ2n) is 2.60. The number of nitrogens with one attached hydrogen (secondary N) is 1. The van der Waals surface area contributed by atoms with Crippen molar-refractivity contribution in [1.29, 1.82) is 0 Å². The normalized spacial score (nSPS) is 27.8. The van der Waals surface area contributed by atoms with Gasteiger partial charge in [0.15, 0.2) is 0 Å². The molecule has 1 saturated heterocycles. The number of rotatable bonds is 2. The lowest BCUT2D eigenvalue weighted by molar-refractivity contribution is -0.145. The summed E-state index contributed by atoms with van der Waals surface area (Å²) in [4.78, 5) is 11.0. The Labute approximate surface area is 77.7 Å². The van der Waals surface area contributed by atoms with Crippen molar-refractivity contribution in [3.8, 4) is 0 Å². The molecule has 1 fully saturated rings. The maximum absolute atomic E-state index is 11.0. The minimum atomic E-state index is -0.399. The number of halogens is 1. The summed E-state index contributed by atoms with van der Waals surface area (Å²) in [5.74, 6) is -0.260. The third-order valence-electron chi connectivity index (χ3n) is 1.68. The first-order chi connectivity index (χ1) is 5.24. The molecule has 0 amide bonds. The fraction of sp³-hybridized carbons (Fsp3) is 0.857. The van der Waals surface area contributed by atoms with E-state index in [0.29, 0.717) is 19.6 Å². The van der Waals surface area contributed by atoms with Gasteiger partial charge in [-0.05, 0) is 6.92 Å². The average Bonchev–Trinajstić information content (AvgIpc) is 2.36. The van der Waals surface area contributed by atoms with E-state index in [1.165, 1.54) is 0 Å². The van der Waals surface area contributed by atoms with Crippen LogP contribution in [0.3, 0.4) is 0 Å². The smallest absolute Gasteiger partial charge is 0.323 e. The Balaban J connectivity index is 0.00000121. The Bertz CT molecular complexity index is 154. The predicted molar refractivity (Wildman–Crippen MR) is 46.3 cm³/mol. The molecule has 0 aromatic rings. The first-order valence-corrected chi connectivity index (χ1v) is 3.82. The lowest BCUT2D eigenvalue weighted by atomic mass is 10.2. The molecule has 0 spiro atoms. The Morgan fingerprint density at radius 3 is 2.83 bits per heavy atom.